The van der Waals surface area contributed by atoms with Crippen molar-refractivity contribution in [3.63, 3.8) is 0 Å². The number of likely N-dealkylation sites (N-methyl/N-ethyl adjacent to an activating group) is 1. The zero-order chi connectivity index (χ0) is 23.5. The molecule has 1 aromatic heterocycles. The predicted molar refractivity (Wildman–Crippen MR) is 126 cm³/mol. The average Bonchev–Trinajstić information content (AvgIpc) is 3.07. The van der Waals surface area contributed by atoms with Gasteiger partial charge in [-0.05, 0) is 37.9 Å². The molecule has 172 valence electrons. The summed E-state index contributed by atoms with van der Waals surface area (Å²) in [5, 5.41) is 3.03. The smallest absolute Gasteiger partial charge is 0.242 e. The Hall–Kier alpha value is -2.75. The molecule has 9 heteroatoms. The first-order chi connectivity index (χ1) is 15.1. The molecule has 0 spiro atoms. The maximum Gasteiger partial charge on any atom is 0.242 e. The van der Waals surface area contributed by atoms with E-state index in [4.69, 9.17) is 0 Å². The van der Waals surface area contributed by atoms with Crippen LogP contribution >= 0.6 is 0 Å². The van der Waals surface area contributed by atoms with Crippen LogP contribution in [0.4, 0.5) is 0 Å². The normalized spacial score (nSPS) is 13.1. The predicted octanol–water partition coefficient (Wildman–Crippen LogP) is 2.18. The van der Waals surface area contributed by atoms with Gasteiger partial charge >= 0.3 is 0 Å². The van der Waals surface area contributed by atoms with Crippen molar-refractivity contribution < 1.29 is 13.2 Å². The van der Waals surface area contributed by atoms with E-state index < -0.39 is 10.0 Å². The van der Waals surface area contributed by atoms with E-state index in [1.807, 2.05) is 43.9 Å². The molecule has 3 aromatic rings. The van der Waals surface area contributed by atoms with Gasteiger partial charge in [-0.15, -0.1) is 0 Å². The summed E-state index contributed by atoms with van der Waals surface area (Å²) in [6.07, 6.45) is 0.764. The molecule has 8 nitrogen and oxygen atoms in total. The third-order valence-electron chi connectivity index (χ3n) is 5.60. The molecule has 2 aromatic carbocycles. The molecule has 0 aliphatic carbocycles. The second kappa shape index (κ2) is 9.81. The standard InChI is InChI=1S/C23H31N5O3S/c1-26(2)21(17-9-7-6-8-10-17)16-24-23(29)14-13-22-25-19-15-18(32(30,31)27(3)4)11-12-20(19)28(22)5/h6-12,15,21H,13-14,16H2,1-5H3,(H,24,29). The van der Waals surface area contributed by atoms with Crippen molar-refractivity contribution in [2.75, 3.05) is 34.7 Å². The van der Waals surface area contributed by atoms with Crippen molar-refractivity contribution >= 4 is 27.0 Å². The molecule has 0 radical (unpaired) electrons. The molecule has 3 rings (SSSR count). The number of carbonyl (C=O) groups is 1. The molecule has 1 amide bonds. The largest absolute Gasteiger partial charge is 0.354 e. The number of aromatic nitrogens is 2. The van der Waals surface area contributed by atoms with Gasteiger partial charge in [-0.2, -0.15) is 0 Å². The fourth-order valence-corrected chi connectivity index (χ4v) is 4.54. The number of sulfonamides is 1. The van der Waals surface area contributed by atoms with Crippen LogP contribution in [0.5, 0.6) is 0 Å². The zero-order valence-corrected chi connectivity index (χ0v) is 20.1. The van der Waals surface area contributed by atoms with Gasteiger partial charge in [-0.25, -0.2) is 17.7 Å². The highest BCUT2D eigenvalue weighted by atomic mass is 32.2. The van der Waals surface area contributed by atoms with E-state index in [0.717, 1.165) is 16.9 Å². The van der Waals surface area contributed by atoms with Crippen LogP contribution in [0.25, 0.3) is 11.0 Å². The Bertz CT molecular complexity index is 1190. The molecule has 0 aliphatic heterocycles. The minimum Gasteiger partial charge on any atom is -0.354 e. The number of hydrogen-bond acceptors (Lipinski definition) is 5. The number of nitrogens with one attached hydrogen (secondary N) is 1. The summed E-state index contributed by atoms with van der Waals surface area (Å²) in [4.78, 5) is 19.4. The molecular weight excluding hydrogens is 426 g/mol. The third-order valence-corrected chi connectivity index (χ3v) is 7.41. The highest BCUT2D eigenvalue weighted by Gasteiger charge is 2.20. The fraction of sp³-hybridized carbons (Fsp3) is 0.391. The lowest BCUT2D eigenvalue weighted by molar-refractivity contribution is -0.121. The third kappa shape index (κ3) is 5.17. The van der Waals surface area contributed by atoms with Gasteiger partial charge in [0.05, 0.1) is 22.0 Å². The van der Waals surface area contributed by atoms with Crippen molar-refractivity contribution in [1.82, 2.24) is 24.1 Å². The lowest BCUT2D eigenvalue weighted by Gasteiger charge is -2.25. The summed E-state index contributed by atoms with van der Waals surface area (Å²) in [6.45, 7) is 0.518. The van der Waals surface area contributed by atoms with Crippen LogP contribution in [0.15, 0.2) is 53.4 Å². The van der Waals surface area contributed by atoms with Gasteiger partial charge in [-0.3, -0.25) is 4.79 Å². The Kier molecular flexibility index (Phi) is 7.33. The van der Waals surface area contributed by atoms with Gasteiger partial charge in [0.25, 0.3) is 0 Å². The maximum atomic E-state index is 12.5. The number of aryl methyl sites for hydroxylation is 2. The number of imidazole rings is 1. The van der Waals surface area contributed by atoms with Gasteiger partial charge in [0, 0.05) is 40.5 Å². The van der Waals surface area contributed by atoms with E-state index >= 15 is 0 Å². The number of hydrogen-bond donors (Lipinski definition) is 1. The first kappa shape index (κ1) is 23.9. The van der Waals surface area contributed by atoms with E-state index in [1.165, 1.54) is 18.4 Å². The molecule has 0 bridgehead atoms. The second-order valence-corrected chi connectivity index (χ2v) is 10.4. The van der Waals surface area contributed by atoms with Crippen LogP contribution in [-0.2, 0) is 28.3 Å². The molecule has 1 heterocycles. The molecule has 1 N–H and O–H groups in total. The van der Waals surface area contributed by atoms with Crippen molar-refractivity contribution in [2.24, 2.45) is 7.05 Å². The Morgan fingerprint density at radius 2 is 1.78 bits per heavy atom. The molecule has 0 saturated carbocycles. The molecule has 0 saturated heterocycles. The van der Waals surface area contributed by atoms with E-state index in [1.54, 1.807) is 18.2 Å². The summed E-state index contributed by atoms with van der Waals surface area (Å²) in [5.74, 6) is 0.692. The monoisotopic (exact) mass is 457 g/mol. The Balaban J connectivity index is 1.66. The number of carbonyl (C=O) groups excluding carboxylic acids is 1. The number of rotatable bonds is 9. The number of fused-ring (bicyclic) bond motifs is 1. The van der Waals surface area contributed by atoms with Crippen LogP contribution < -0.4 is 5.32 Å². The second-order valence-electron chi connectivity index (χ2n) is 8.22. The fourth-order valence-electron chi connectivity index (χ4n) is 3.62. The average molecular weight is 458 g/mol. The minimum absolute atomic E-state index is 0.0456. The quantitative estimate of drug-likeness (QED) is 0.532. The highest BCUT2D eigenvalue weighted by molar-refractivity contribution is 7.89. The summed E-state index contributed by atoms with van der Waals surface area (Å²) in [5.41, 5.74) is 2.58. The van der Waals surface area contributed by atoms with Crippen LogP contribution in [-0.4, -0.2) is 67.8 Å². The van der Waals surface area contributed by atoms with E-state index in [9.17, 15) is 13.2 Å². The van der Waals surface area contributed by atoms with Gasteiger partial charge in [0.2, 0.25) is 15.9 Å². The number of amides is 1. The molecule has 0 aliphatic rings. The molecule has 1 unspecified atom stereocenters. The zero-order valence-electron chi connectivity index (χ0n) is 19.2. The Labute approximate surface area is 189 Å². The van der Waals surface area contributed by atoms with Gasteiger partial charge in [-0.1, -0.05) is 30.3 Å². The first-order valence-corrected chi connectivity index (χ1v) is 11.9. The SMILES string of the molecule is CN(C)C(CNC(=O)CCc1nc2cc(S(=O)(=O)N(C)C)ccc2n1C)c1ccccc1. The topological polar surface area (TPSA) is 87.5 Å². The highest BCUT2D eigenvalue weighted by Crippen LogP contribution is 2.22. The maximum absolute atomic E-state index is 12.5. The van der Waals surface area contributed by atoms with Crippen molar-refractivity contribution in [3.8, 4) is 0 Å². The van der Waals surface area contributed by atoms with Crippen molar-refractivity contribution in [3.05, 3.63) is 59.9 Å². The van der Waals surface area contributed by atoms with Crippen LogP contribution in [0, 0.1) is 0 Å². The summed E-state index contributed by atoms with van der Waals surface area (Å²) in [7, 11) is 5.34. The minimum atomic E-state index is -3.53. The molecular formula is C23H31N5O3S. The lowest BCUT2D eigenvalue weighted by Crippen LogP contribution is -2.34. The van der Waals surface area contributed by atoms with Crippen LogP contribution in [0.1, 0.15) is 23.9 Å². The number of benzene rings is 2. The summed E-state index contributed by atoms with van der Waals surface area (Å²) < 4.78 is 27.9. The van der Waals surface area contributed by atoms with Gasteiger partial charge < -0.3 is 14.8 Å². The first-order valence-electron chi connectivity index (χ1n) is 10.5. The van der Waals surface area contributed by atoms with Gasteiger partial charge in [0.15, 0.2) is 0 Å². The van der Waals surface area contributed by atoms with Crippen molar-refractivity contribution in [1.29, 1.82) is 0 Å². The summed E-state index contributed by atoms with van der Waals surface area (Å²) >= 11 is 0. The molecule has 32 heavy (non-hydrogen) atoms. The molecule has 0 fully saturated rings. The van der Waals surface area contributed by atoms with Crippen LogP contribution in [0.2, 0.25) is 0 Å². The van der Waals surface area contributed by atoms with Crippen LogP contribution in [0.3, 0.4) is 0 Å². The van der Waals surface area contributed by atoms with Gasteiger partial charge in [0.1, 0.15) is 5.82 Å². The summed E-state index contributed by atoms with van der Waals surface area (Å²) in [6, 6.07) is 15.1. The molecule has 1 atom stereocenters. The van der Waals surface area contributed by atoms with E-state index in [0.29, 0.717) is 24.9 Å². The van der Waals surface area contributed by atoms with E-state index in [-0.39, 0.29) is 16.8 Å². The Morgan fingerprint density at radius 1 is 1.09 bits per heavy atom. The number of nitrogens with zero attached hydrogens (tertiary/aromatic N) is 4. The Morgan fingerprint density at radius 3 is 2.41 bits per heavy atom. The van der Waals surface area contributed by atoms with E-state index in [2.05, 4.69) is 27.3 Å². The lowest BCUT2D eigenvalue weighted by atomic mass is 10.1. The van der Waals surface area contributed by atoms with Crippen molar-refractivity contribution in [2.45, 2.75) is 23.8 Å².